The number of benzene rings is 2. The number of methoxy groups -OCH3 is 6. The molecule has 0 saturated carbocycles. The summed E-state index contributed by atoms with van der Waals surface area (Å²) in [5, 5.41) is 19.6. The molecule has 0 heterocycles. The third-order valence-electron chi connectivity index (χ3n) is 5.09. The fraction of sp³-hybridized carbons (Fsp3) is 0.417. The topological polar surface area (TPSA) is 148 Å². The van der Waals surface area contributed by atoms with Crippen LogP contribution in [-0.2, 0) is 9.47 Å². The largest absolute Gasteiger partial charge is 0.493 e. The second-order valence-corrected chi connectivity index (χ2v) is 7.08. The molecule has 2 atom stereocenters. The highest BCUT2D eigenvalue weighted by atomic mass is 16.6. The molecule has 0 fully saturated rings. The van der Waals surface area contributed by atoms with Crippen LogP contribution in [0, 0.1) is 0 Å². The van der Waals surface area contributed by atoms with Gasteiger partial charge in [0.15, 0.2) is 35.2 Å². The number of carbonyl (C=O) groups is 2. The third kappa shape index (κ3) is 6.20. The Balaban J connectivity index is 2.27. The normalized spacial score (nSPS) is 12.1. The van der Waals surface area contributed by atoms with Crippen molar-refractivity contribution in [1.29, 1.82) is 0 Å². The Labute approximate surface area is 208 Å². The molecular formula is C24H30O12. The van der Waals surface area contributed by atoms with E-state index in [1.807, 2.05) is 0 Å². The van der Waals surface area contributed by atoms with E-state index in [2.05, 4.69) is 0 Å². The molecule has 36 heavy (non-hydrogen) atoms. The van der Waals surface area contributed by atoms with Gasteiger partial charge in [-0.2, -0.15) is 0 Å². The molecule has 2 rings (SSSR count). The SMILES string of the molecule is COc1cc(C(=O)O[C@@H](CO)[C@H](CO)OC(=O)c2cc(OC)c(OC)c(OC)c2)cc(OC)c1OC. The highest BCUT2D eigenvalue weighted by molar-refractivity contribution is 5.92. The van der Waals surface area contributed by atoms with Gasteiger partial charge in [0.1, 0.15) is 0 Å². The van der Waals surface area contributed by atoms with E-state index in [0.29, 0.717) is 0 Å². The van der Waals surface area contributed by atoms with Crippen molar-refractivity contribution in [2.75, 3.05) is 55.9 Å². The van der Waals surface area contributed by atoms with Crippen LogP contribution < -0.4 is 28.4 Å². The number of rotatable bonds is 13. The Morgan fingerprint density at radius 1 is 0.583 bits per heavy atom. The molecule has 198 valence electrons. The van der Waals surface area contributed by atoms with Crippen molar-refractivity contribution in [3.63, 3.8) is 0 Å². The molecule has 2 aromatic carbocycles. The second kappa shape index (κ2) is 13.3. The Morgan fingerprint density at radius 3 is 1.06 bits per heavy atom. The summed E-state index contributed by atoms with van der Waals surface area (Å²) in [6.07, 6.45) is -2.79. The standard InChI is InChI=1S/C24H30O12/c1-29-15-7-13(8-16(30-2)21(15)33-5)23(27)35-19(11-25)20(12-26)36-24(28)14-9-17(31-3)22(34-6)18(10-14)32-4/h7-10,19-20,25-26H,11-12H2,1-6H3/t19-,20-/m0/s1. The zero-order valence-corrected chi connectivity index (χ0v) is 20.9. The summed E-state index contributed by atoms with van der Waals surface area (Å²) in [4.78, 5) is 25.6. The van der Waals surface area contributed by atoms with Gasteiger partial charge in [-0.1, -0.05) is 0 Å². The number of carbonyl (C=O) groups excluding carboxylic acids is 2. The summed E-state index contributed by atoms with van der Waals surface area (Å²) in [7, 11) is 8.35. The molecule has 0 bridgehead atoms. The Bertz CT molecular complexity index is 918. The summed E-state index contributed by atoms with van der Waals surface area (Å²) >= 11 is 0. The Morgan fingerprint density at radius 2 is 0.861 bits per heavy atom. The molecule has 0 aliphatic carbocycles. The molecule has 0 saturated heterocycles. The molecule has 0 aromatic heterocycles. The van der Waals surface area contributed by atoms with Crippen LogP contribution in [0.5, 0.6) is 34.5 Å². The van der Waals surface area contributed by atoms with E-state index >= 15 is 0 Å². The maximum Gasteiger partial charge on any atom is 0.338 e. The number of aliphatic hydroxyl groups is 2. The van der Waals surface area contributed by atoms with Gasteiger partial charge in [0.25, 0.3) is 0 Å². The van der Waals surface area contributed by atoms with Gasteiger partial charge < -0.3 is 48.1 Å². The molecule has 12 nitrogen and oxygen atoms in total. The van der Waals surface area contributed by atoms with Crippen LogP contribution in [0.15, 0.2) is 24.3 Å². The molecule has 0 aliphatic rings. The molecule has 0 aliphatic heterocycles. The third-order valence-corrected chi connectivity index (χ3v) is 5.09. The van der Waals surface area contributed by atoms with Crippen molar-refractivity contribution in [3.05, 3.63) is 35.4 Å². The van der Waals surface area contributed by atoms with Crippen LogP contribution in [0.1, 0.15) is 20.7 Å². The van der Waals surface area contributed by atoms with Crippen LogP contribution in [0.4, 0.5) is 0 Å². The average Bonchev–Trinajstić information content (AvgIpc) is 2.92. The predicted octanol–water partition coefficient (Wildman–Crippen LogP) is 1.47. The Kier molecular flexibility index (Phi) is 10.4. The number of esters is 2. The fourth-order valence-corrected chi connectivity index (χ4v) is 3.27. The van der Waals surface area contributed by atoms with Crippen LogP contribution in [-0.4, -0.2) is 90.2 Å². The molecule has 0 spiro atoms. The van der Waals surface area contributed by atoms with E-state index < -0.39 is 37.4 Å². The van der Waals surface area contributed by atoms with Gasteiger partial charge in [-0.05, 0) is 24.3 Å². The van der Waals surface area contributed by atoms with Gasteiger partial charge in [0, 0.05) is 0 Å². The second-order valence-electron chi connectivity index (χ2n) is 7.08. The lowest BCUT2D eigenvalue weighted by molar-refractivity contribution is -0.0683. The Hall–Kier alpha value is -3.90. The minimum absolute atomic E-state index is 0.00981. The van der Waals surface area contributed by atoms with Gasteiger partial charge in [-0.15, -0.1) is 0 Å². The summed E-state index contributed by atoms with van der Waals surface area (Å²) in [5.41, 5.74) is 0.0196. The van der Waals surface area contributed by atoms with Gasteiger partial charge >= 0.3 is 11.9 Å². The molecule has 0 radical (unpaired) electrons. The summed E-state index contributed by atoms with van der Waals surface area (Å²) < 4.78 is 42.0. The molecular weight excluding hydrogens is 480 g/mol. The maximum absolute atomic E-state index is 12.8. The van der Waals surface area contributed by atoms with E-state index in [0.717, 1.165) is 0 Å². The first-order valence-electron chi connectivity index (χ1n) is 10.6. The zero-order chi connectivity index (χ0) is 26.8. The van der Waals surface area contributed by atoms with Crippen molar-refractivity contribution >= 4 is 11.9 Å². The maximum atomic E-state index is 12.8. The smallest absolute Gasteiger partial charge is 0.338 e. The molecule has 2 aromatic rings. The molecule has 12 heteroatoms. The van der Waals surface area contributed by atoms with Crippen molar-refractivity contribution in [2.24, 2.45) is 0 Å². The summed E-state index contributed by atoms with van der Waals surface area (Å²) in [6, 6.07) is 5.42. The van der Waals surface area contributed by atoms with E-state index in [1.165, 1.54) is 66.9 Å². The van der Waals surface area contributed by atoms with E-state index in [4.69, 9.17) is 37.9 Å². The van der Waals surface area contributed by atoms with Gasteiger partial charge in [-0.3, -0.25) is 0 Å². The van der Waals surface area contributed by atoms with Crippen molar-refractivity contribution < 1.29 is 57.7 Å². The van der Waals surface area contributed by atoms with Crippen molar-refractivity contribution in [2.45, 2.75) is 12.2 Å². The predicted molar refractivity (Wildman–Crippen MR) is 125 cm³/mol. The lowest BCUT2D eigenvalue weighted by Crippen LogP contribution is -2.40. The van der Waals surface area contributed by atoms with Crippen molar-refractivity contribution in [1.82, 2.24) is 0 Å². The molecule has 0 amide bonds. The highest BCUT2D eigenvalue weighted by Crippen LogP contribution is 2.39. The first-order valence-corrected chi connectivity index (χ1v) is 10.6. The average molecular weight is 510 g/mol. The van der Waals surface area contributed by atoms with Gasteiger partial charge in [0.2, 0.25) is 11.5 Å². The van der Waals surface area contributed by atoms with Crippen LogP contribution >= 0.6 is 0 Å². The first kappa shape index (κ1) is 28.3. The van der Waals surface area contributed by atoms with E-state index in [9.17, 15) is 19.8 Å². The monoisotopic (exact) mass is 510 g/mol. The number of hydrogen-bond donors (Lipinski definition) is 2. The summed E-state index contributed by atoms with van der Waals surface area (Å²) in [6.45, 7) is -1.49. The number of ether oxygens (including phenoxy) is 8. The molecule has 2 N–H and O–H groups in total. The van der Waals surface area contributed by atoms with Gasteiger partial charge in [-0.25, -0.2) is 9.59 Å². The van der Waals surface area contributed by atoms with Crippen molar-refractivity contribution in [3.8, 4) is 34.5 Å². The number of hydrogen-bond acceptors (Lipinski definition) is 12. The first-order chi connectivity index (χ1) is 17.3. The van der Waals surface area contributed by atoms with Gasteiger partial charge in [0.05, 0.1) is 67.0 Å². The van der Waals surface area contributed by atoms with E-state index in [-0.39, 0.29) is 45.6 Å². The highest BCUT2D eigenvalue weighted by Gasteiger charge is 2.30. The quantitative estimate of drug-likeness (QED) is 0.376. The minimum Gasteiger partial charge on any atom is -0.493 e. The minimum atomic E-state index is -1.40. The van der Waals surface area contributed by atoms with Crippen LogP contribution in [0.2, 0.25) is 0 Å². The summed E-state index contributed by atoms with van der Waals surface area (Å²) in [5.74, 6) is -0.431. The van der Waals surface area contributed by atoms with Crippen LogP contribution in [0.3, 0.4) is 0 Å². The zero-order valence-electron chi connectivity index (χ0n) is 20.9. The lowest BCUT2D eigenvalue weighted by atomic mass is 10.1. The van der Waals surface area contributed by atoms with E-state index in [1.54, 1.807) is 0 Å². The van der Waals surface area contributed by atoms with Crippen LogP contribution in [0.25, 0.3) is 0 Å². The lowest BCUT2D eigenvalue weighted by Gasteiger charge is -2.24. The molecule has 0 unspecified atom stereocenters. The fourth-order valence-electron chi connectivity index (χ4n) is 3.27. The number of aliphatic hydroxyl groups excluding tert-OH is 2.